The lowest BCUT2D eigenvalue weighted by Crippen LogP contribution is -2.12. The zero-order valence-corrected chi connectivity index (χ0v) is 14.5. The third-order valence-corrected chi connectivity index (χ3v) is 4.60. The molecule has 0 unspecified atom stereocenters. The highest BCUT2D eigenvalue weighted by Crippen LogP contribution is 2.23. The van der Waals surface area contributed by atoms with Crippen LogP contribution in [0.15, 0.2) is 54.2 Å². The van der Waals surface area contributed by atoms with Gasteiger partial charge in [-0.1, -0.05) is 0 Å². The van der Waals surface area contributed by atoms with E-state index in [2.05, 4.69) is 15.3 Å². The summed E-state index contributed by atoms with van der Waals surface area (Å²) in [7, 11) is 0. The van der Waals surface area contributed by atoms with Gasteiger partial charge in [0.15, 0.2) is 5.78 Å². The highest BCUT2D eigenvalue weighted by Gasteiger charge is 2.08. The number of nitrogens with zero attached hydrogens (tertiary/aromatic N) is 2. The molecule has 0 aliphatic heterocycles. The fourth-order valence-corrected chi connectivity index (χ4v) is 3.16. The Morgan fingerprint density at radius 3 is 2.48 bits per heavy atom. The summed E-state index contributed by atoms with van der Waals surface area (Å²) in [5.41, 5.74) is 3.25. The van der Waals surface area contributed by atoms with Crippen LogP contribution in [0.1, 0.15) is 29.4 Å². The van der Waals surface area contributed by atoms with E-state index in [1.54, 1.807) is 48.0 Å². The number of anilines is 1. The second kappa shape index (κ2) is 7.81. The van der Waals surface area contributed by atoms with Gasteiger partial charge in [0.1, 0.15) is 5.01 Å². The van der Waals surface area contributed by atoms with Gasteiger partial charge in [-0.15, -0.1) is 11.3 Å². The predicted octanol–water partition coefficient (Wildman–Crippen LogP) is 3.98. The van der Waals surface area contributed by atoms with E-state index >= 15 is 0 Å². The van der Waals surface area contributed by atoms with Crippen molar-refractivity contribution in [2.45, 2.75) is 19.8 Å². The highest BCUT2D eigenvalue weighted by atomic mass is 32.1. The first-order chi connectivity index (χ1) is 12.1. The van der Waals surface area contributed by atoms with E-state index in [0.717, 1.165) is 16.3 Å². The minimum absolute atomic E-state index is 0.00594. The van der Waals surface area contributed by atoms with Gasteiger partial charge in [0.2, 0.25) is 5.91 Å². The van der Waals surface area contributed by atoms with Crippen molar-refractivity contribution in [1.82, 2.24) is 9.97 Å². The molecular weight excluding hydrogens is 334 g/mol. The van der Waals surface area contributed by atoms with Crippen LogP contribution in [0.4, 0.5) is 5.69 Å². The molecule has 5 nitrogen and oxygen atoms in total. The van der Waals surface area contributed by atoms with Gasteiger partial charge in [-0.25, -0.2) is 4.98 Å². The van der Waals surface area contributed by atoms with Crippen LogP contribution in [-0.2, 0) is 11.2 Å². The van der Waals surface area contributed by atoms with Crippen LogP contribution in [-0.4, -0.2) is 21.7 Å². The number of Topliss-reactive ketones (excluding diaryl/α,β-unsaturated/α-hetero) is 1. The number of ketones is 1. The molecule has 6 heteroatoms. The van der Waals surface area contributed by atoms with Crippen LogP contribution in [0.5, 0.6) is 0 Å². The molecule has 3 aromatic rings. The molecule has 0 saturated carbocycles. The Morgan fingerprint density at radius 2 is 1.80 bits per heavy atom. The van der Waals surface area contributed by atoms with Crippen molar-refractivity contribution >= 4 is 28.7 Å². The fourth-order valence-electron chi connectivity index (χ4n) is 2.30. The summed E-state index contributed by atoms with van der Waals surface area (Å²) < 4.78 is 0. The Labute approximate surface area is 149 Å². The van der Waals surface area contributed by atoms with Crippen molar-refractivity contribution in [3.63, 3.8) is 0 Å². The standard InChI is InChI=1S/C19H17N3O2S/c1-13(23)14-2-4-16(5-3-14)21-18(24)7-6-17-12-25-19(22-17)15-8-10-20-11-9-15/h2-5,8-12H,6-7H2,1H3,(H,21,24). The lowest BCUT2D eigenvalue weighted by Gasteiger charge is -2.05. The van der Waals surface area contributed by atoms with E-state index in [1.807, 2.05) is 17.5 Å². The van der Waals surface area contributed by atoms with Gasteiger partial charge in [0.05, 0.1) is 5.69 Å². The normalized spacial score (nSPS) is 10.4. The van der Waals surface area contributed by atoms with Crippen LogP contribution in [0.3, 0.4) is 0 Å². The molecule has 0 atom stereocenters. The maximum atomic E-state index is 12.1. The number of amides is 1. The molecule has 0 spiro atoms. The molecule has 0 bridgehead atoms. The number of nitrogens with one attached hydrogen (secondary N) is 1. The Kier molecular flexibility index (Phi) is 5.30. The average molecular weight is 351 g/mol. The third kappa shape index (κ3) is 4.58. The van der Waals surface area contributed by atoms with E-state index in [-0.39, 0.29) is 11.7 Å². The lowest BCUT2D eigenvalue weighted by molar-refractivity contribution is -0.116. The van der Waals surface area contributed by atoms with Crippen molar-refractivity contribution in [1.29, 1.82) is 0 Å². The zero-order valence-electron chi connectivity index (χ0n) is 13.7. The number of benzene rings is 1. The molecule has 2 aromatic heterocycles. The monoisotopic (exact) mass is 351 g/mol. The van der Waals surface area contributed by atoms with Gasteiger partial charge in [0, 0.05) is 41.0 Å². The second-order valence-electron chi connectivity index (χ2n) is 5.56. The molecular formula is C19H17N3O2S. The number of hydrogen-bond acceptors (Lipinski definition) is 5. The van der Waals surface area contributed by atoms with Gasteiger partial charge in [-0.3, -0.25) is 14.6 Å². The zero-order chi connectivity index (χ0) is 17.6. The van der Waals surface area contributed by atoms with Crippen LogP contribution >= 0.6 is 11.3 Å². The molecule has 1 amide bonds. The quantitative estimate of drug-likeness (QED) is 0.682. The number of thiazole rings is 1. The Morgan fingerprint density at radius 1 is 1.08 bits per heavy atom. The summed E-state index contributed by atoms with van der Waals surface area (Å²) in [5.74, 6) is -0.0690. The molecule has 1 aromatic carbocycles. The van der Waals surface area contributed by atoms with E-state index in [4.69, 9.17) is 0 Å². The van der Waals surface area contributed by atoms with Crippen LogP contribution in [0.25, 0.3) is 10.6 Å². The fraction of sp³-hybridized carbons (Fsp3) is 0.158. The molecule has 0 aliphatic carbocycles. The summed E-state index contributed by atoms with van der Waals surface area (Å²) >= 11 is 1.56. The first kappa shape index (κ1) is 17.0. The summed E-state index contributed by atoms with van der Waals surface area (Å²) in [6.07, 6.45) is 4.41. The number of hydrogen-bond donors (Lipinski definition) is 1. The first-order valence-corrected chi connectivity index (χ1v) is 8.75. The van der Waals surface area contributed by atoms with E-state index < -0.39 is 0 Å². The van der Waals surface area contributed by atoms with Crippen LogP contribution in [0, 0.1) is 0 Å². The molecule has 126 valence electrons. The Hall–Kier alpha value is -2.86. The Bertz CT molecular complexity index is 873. The average Bonchev–Trinajstić information content (AvgIpc) is 3.10. The molecule has 1 N–H and O–H groups in total. The molecule has 0 radical (unpaired) electrons. The van der Waals surface area contributed by atoms with Gasteiger partial charge in [0.25, 0.3) is 0 Å². The van der Waals surface area contributed by atoms with E-state index in [0.29, 0.717) is 24.1 Å². The van der Waals surface area contributed by atoms with Gasteiger partial charge >= 0.3 is 0 Å². The SMILES string of the molecule is CC(=O)c1ccc(NC(=O)CCc2csc(-c3ccncc3)n2)cc1. The summed E-state index contributed by atoms with van der Waals surface area (Å²) in [5, 5.41) is 5.74. The molecule has 25 heavy (non-hydrogen) atoms. The van der Waals surface area contributed by atoms with Crippen molar-refractivity contribution in [3.8, 4) is 10.6 Å². The first-order valence-electron chi connectivity index (χ1n) is 7.87. The second-order valence-corrected chi connectivity index (χ2v) is 6.42. The number of carbonyl (C=O) groups excluding carboxylic acids is 2. The number of aromatic nitrogens is 2. The molecule has 0 fully saturated rings. The third-order valence-electron chi connectivity index (χ3n) is 3.66. The molecule has 0 aliphatic rings. The van der Waals surface area contributed by atoms with Gasteiger partial charge in [-0.2, -0.15) is 0 Å². The minimum Gasteiger partial charge on any atom is -0.326 e. The van der Waals surface area contributed by atoms with Gasteiger partial charge in [-0.05, 0) is 49.7 Å². The largest absolute Gasteiger partial charge is 0.326 e. The smallest absolute Gasteiger partial charge is 0.224 e. The summed E-state index contributed by atoms with van der Waals surface area (Å²) in [6, 6.07) is 10.7. The predicted molar refractivity (Wildman–Crippen MR) is 98.7 cm³/mol. The van der Waals surface area contributed by atoms with Crippen LogP contribution < -0.4 is 5.32 Å². The molecule has 3 rings (SSSR count). The number of rotatable bonds is 6. The lowest BCUT2D eigenvalue weighted by atomic mass is 10.1. The number of carbonyl (C=O) groups is 2. The minimum atomic E-state index is -0.0750. The van der Waals surface area contributed by atoms with Crippen molar-refractivity contribution < 1.29 is 9.59 Å². The van der Waals surface area contributed by atoms with Crippen molar-refractivity contribution in [3.05, 3.63) is 65.4 Å². The maximum Gasteiger partial charge on any atom is 0.224 e. The van der Waals surface area contributed by atoms with E-state index in [1.165, 1.54) is 6.92 Å². The van der Waals surface area contributed by atoms with Crippen molar-refractivity contribution in [2.75, 3.05) is 5.32 Å². The number of pyridine rings is 1. The summed E-state index contributed by atoms with van der Waals surface area (Å²) in [6.45, 7) is 1.52. The van der Waals surface area contributed by atoms with Crippen LogP contribution in [0.2, 0.25) is 0 Å². The van der Waals surface area contributed by atoms with Crippen molar-refractivity contribution in [2.24, 2.45) is 0 Å². The maximum absolute atomic E-state index is 12.1. The Balaban J connectivity index is 1.54. The highest BCUT2D eigenvalue weighted by molar-refractivity contribution is 7.13. The molecule has 2 heterocycles. The summed E-state index contributed by atoms with van der Waals surface area (Å²) in [4.78, 5) is 31.9. The molecule has 0 saturated heterocycles. The van der Waals surface area contributed by atoms with E-state index in [9.17, 15) is 9.59 Å². The topological polar surface area (TPSA) is 72.0 Å². The number of aryl methyl sites for hydroxylation is 1. The van der Waals surface area contributed by atoms with Gasteiger partial charge < -0.3 is 5.32 Å².